The van der Waals surface area contributed by atoms with E-state index in [-0.39, 0.29) is 12.1 Å². The highest BCUT2D eigenvalue weighted by Crippen LogP contribution is 2.24. The maximum Gasteiger partial charge on any atom is 0.0900 e. The number of aryl methyl sites for hydroxylation is 2. The van der Waals surface area contributed by atoms with Crippen molar-refractivity contribution in [1.29, 1.82) is 0 Å². The second kappa shape index (κ2) is 9.48. The van der Waals surface area contributed by atoms with E-state index in [4.69, 9.17) is 9.47 Å². The van der Waals surface area contributed by atoms with Crippen LogP contribution in [0.4, 0.5) is 0 Å². The molecule has 0 spiro atoms. The lowest BCUT2D eigenvalue weighted by Crippen LogP contribution is -2.32. The highest BCUT2D eigenvalue weighted by Gasteiger charge is 2.14. The van der Waals surface area contributed by atoms with Gasteiger partial charge in [0.25, 0.3) is 0 Å². The van der Waals surface area contributed by atoms with Gasteiger partial charge in [0.1, 0.15) is 0 Å². The fourth-order valence-corrected chi connectivity index (χ4v) is 2.93. The Bertz CT molecular complexity index is 410. The van der Waals surface area contributed by atoms with Gasteiger partial charge in [0.05, 0.1) is 42.7 Å². The molecule has 0 aliphatic rings. The van der Waals surface area contributed by atoms with Gasteiger partial charge in [-0.1, -0.05) is 0 Å². The van der Waals surface area contributed by atoms with E-state index in [1.165, 1.54) is 4.88 Å². The predicted molar refractivity (Wildman–Crippen MR) is 85.9 cm³/mol. The van der Waals surface area contributed by atoms with Crippen molar-refractivity contribution < 1.29 is 14.6 Å². The number of ether oxygens (including phenoxy) is 2. The third-order valence-electron chi connectivity index (χ3n) is 2.98. The number of aliphatic hydroxyl groups is 1. The molecule has 0 amide bonds. The van der Waals surface area contributed by atoms with E-state index in [1.807, 2.05) is 27.7 Å². The first-order valence-corrected chi connectivity index (χ1v) is 8.26. The summed E-state index contributed by atoms with van der Waals surface area (Å²) in [5.41, 5.74) is 1.06. The van der Waals surface area contributed by atoms with E-state index in [2.05, 4.69) is 17.2 Å². The van der Waals surface area contributed by atoms with E-state index >= 15 is 0 Å². The molecule has 0 fully saturated rings. The summed E-state index contributed by atoms with van der Waals surface area (Å²) in [4.78, 5) is 5.65. The van der Waals surface area contributed by atoms with Gasteiger partial charge in [-0.05, 0) is 34.6 Å². The molecule has 2 atom stereocenters. The Morgan fingerprint density at radius 3 is 2.52 bits per heavy atom. The quantitative estimate of drug-likeness (QED) is 0.648. The number of thiazole rings is 1. The largest absolute Gasteiger partial charge is 0.389 e. The van der Waals surface area contributed by atoms with Gasteiger partial charge in [-0.3, -0.25) is 0 Å². The molecule has 0 aliphatic carbocycles. The van der Waals surface area contributed by atoms with Crippen molar-refractivity contribution in [3.8, 4) is 0 Å². The number of hydrogen-bond acceptors (Lipinski definition) is 6. The lowest BCUT2D eigenvalue weighted by atomic mass is 10.2. The molecule has 0 aliphatic heterocycles. The molecule has 0 saturated carbocycles. The minimum absolute atomic E-state index is 0.190. The first-order chi connectivity index (χ1) is 9.90. The summed E-state index contributed by atoms with van der Waals surface area (Å²) in [6.45, 7) is 12.0. The third-order valence-corrected chi connectivity index (χ3v) is 4.24. The zero-order valence-corrected chi connectivity index (χ0v) is 14.5. The van der Waals surface area contributed by atoms with Gasteiger partial charge < -0.3 is 19.9 Å². The maximum atomic E-state index is 9.89. The summed E-state index contributed by atoms with van der Waals surface area (Å²) in [5.74, 6) is 0. The van der Waals surface area contributed by atoms with E-state index in [0.29, 0.717) is 26.4 Å². The molecule has 0 radical (unpaired) electrons. The maximum absolute atomic E-state index is 9.89. The Labute approximate surface area is 131 Å². The van der Waals surface area contributed by atoms with Crippen molar-refractivity contribution in [1.82, 2.24) is 10.3 Å². The average Bonchev–Trinajstić information content (AvgIpc) is 2.74. The normalized spacial score (nSPS) is 14.6. The molecule has 1 rings (SSSR count). The minimum Gasteiger partial charge on any atom is -0.389 e. The Balaban J connectivity index is 2.17. The van der Waals surface area contributed by atoms with Gasteiger partial charge in [-0.15, -0.1) is 11.3 Å². The van der Waals surface area contributed by atoms with Crippen LogP contribution in [0.3, 0.4) is 0 Å². The van der Waals surface area contributed by atoms with Crippen LogP contribution in [-0.4, -0.2) is 48.7 Å². The molecular weight excluding hydrogens is 288 g/mol. The van der Waals surface area contributed by atoms with E-state index in [1.54, 1.807) is 11.3 Å². The lowest BCUT2D eigenvalue weighted by molar-refractivity contribution is -0.0104. The van der Waals surface area contributed by atoms with Gasteiger partial charge in [0.15, 0.2) is 0 Å². The number of nitrogens with zero attached hydrogens (tertiary/aromatic N) is 1. The molecule has 6 heteroatoms. The molecule has 2 N–H and O–H groups in total. The topological polar surface area (TPSA) is 63.6 Å². The first-order valence-electron chi connectivity index (χ1n) is 7.44. The van der Waals surface area contributed by atoms with Gasteiger partial charge in [-0.2, -0.15) is 0 Å². The van der Waals surface area contributed by atoms with Crippen molar-refractivity contribution >= 4 is 11.3 Å². The van der Waals surface area contributed by atoms with Crippen LogP contribution in [-0.2, 0) is 9.47 Å². The van der Waals surface area contributed by atoms with Gasteiger partial charge in [0.2, 0.25) is 0 Å². The molecule has 0 aromatic carbocycles. The predicted octanol–water partition coefficient (Wildman–Crippen LogP) is 2.21. The van der Waals surface area contributed by atoms with Crippen molar-refractivity contribution in [2.75, 3.05) is 26.4 Å². The second-order valence-corrected chi connectivity index (χ2v) is 6.70. The Hall–Kier alpha value is -0.530. The van der Waals surface area contributed by atoms with Crippen molar-refractivity contribution in [2.24, 2.45) is 0 Å². The fourth-order valence-electron chi connectivity index (χ4n) is 1.98. The Kier molecular flexibility index (Phi) is 8.36. The molecule has 0 saturated heterocycles. The number of nitrogens with one attached hydrogen (secondary N) is 1. The molecule has 21 heavy (non-hydrogen) atoms. The van der Waals surface area contributed by atoms with Crippen LogP contribution in [0.2, 0.25) is 0 Å². The zero-order chi connectivity index (χ0) is 15.8. The average molecular weight is 316 g/mol. The highest BCUT2D eigenvalue weighted by molar-refractivity contribution is 7.11. The fraction of sp³-hybridized carbons (Fsp3) is 0.800. The Morgan fingerprint density at radius 2 is 1.95 bits per heavy atom. The third kappa shape index (κ3) is 7.33. The molecule has 1 aromatic rings. The summed E-state index contributed by atoms with van der Waals surface area (Å²) in [6, 6.07) is 0.190. The summed E-state index contributed by atoms with van der Waals surface area (Å²) < 4.78 is 10.8. The number of aliphatic hydroxyl groups excluding tert-OH is 1. The molecule has 5 nitrogen and oxygen atoms in total. The molecule has 1 aromatic heterocycles. The van der Waals surface area contributed by atoms with Crippen LogP contribution >= 0.6 is 11.3 Å². The van der Waals surface area contributed by atoms with Crippen molar-refractivity contribution in [3.05, 3.63) is 15.6 Å². The zero-order valence-electron chi connectivity index (χ0n) is 13.7. The number of rotatable bonds is 10. The van der Waals surface area contributed by atoms with Gasteiger partial charge in [0, 0.05) is 17.5 Å². The molecular formula is C15H28N2O3S. The smallest absolute Gasteiger partial charge is 0.0900 e. The first kappa shape index (κ1) is 18.5. The minimum atomic E-state index is -0.513. The van der Waals surface area contributed by atoms with Crippen molar-refractivity contribution in [2.45, 2.75) is 52.9 Å². The van der Waals surface area contributed by atoms with Crippen LogP contribution in [0.15, 0.2) is 0 Å². The standard InChI is InChI=1S/C15H28N2O3S/c1-10(2)20-7-6-19-9-14(18)8-16-11(3)15-12(4)17-13(5)21-15/h10-11,14,16,18H,6-9H2,1-5H3. The lowest BCUT2D eigenvalue weighted by Gasteiger charge is -2.17. The summed E-state index contributed by atoms with van der Waals surface area (Å²) in [6.07, 6.45) is -0.298. The van der Waals surface area contributed by atoms with Gasteiger partial charge in [-0.25, -0.2) is 4.98 Å². The van der Waals surface area contributed by atoms with Gasteiger partial charge >= 0.3 is 0 Å². The highest BCUT2D eigenvalue weighted by atomic mass is 32.1. The summed E-state index contributed by atoms with van der Waals surface area (Å²) >= 11 is 1.70. The molecule has 0 bridgehead atoms. The van der Waals surface area contributed by atoms with Crippen LogP contribution in [0, 0.1) is 13.8 Å². The van der Waals surface area contributed by atoms with Crippen LogP contribution in [0.25, 0.3) is 0 Å². The Morgan fingerprint density at radius 1 is 1.24 bits per heavy atom. The number of aromatic nitrogens is 1. The molecule has 2 unspecified atom stereocenters. The monoisotopic (exact) mass is 316 g/mol. The summed E-state index contributed by atoms with van der Waals surface area (Å²) in [5, 5.41) is 14.3. The molecule has 1 heterocycles. The van der Waals surface area contributed by atoms with Crippen LogP contribution in [0.5, 0.6) is 0 Å². The summed E-state index contributed by atoms with van der Waals surface area (Å²) in [7, 11) is 0. The van der Waals surface area contributed by atoms with Crippen LogP contribution in [0.1, 0.15) is 42.4 Å². The van der Waals surface area contributed by atoms with E-state index in [0.717, 1.165) is 10.7 Å². The van der Waals surface area contributed by atoms with E-state index in [9.17, 15) is 5.11 Å². The SMILES string of the molecule is Cc1nc(C)c(C(C)NCC(O)COCCOC(C)C)s1. The second-order valence-electron chi connectivity index (χ2n) is 5.46. The van der Waals surface area contributed by atoms with Crippen LogP contribution < -0.4 is 5.32 Å². The van der Waals surface area contributed by atoms with Crippen molar-refractivity contribution in [3.63, 3.8) is 0 Å². The number of hydrogen-bond donors (Lipinski definition) is 2. The van der Waals surface area contributed by atoms with E-state index < -0.39 is 6.10 Å². The molecule has 122 valence electrons.